The average Bonchev–Trinajstić information content (AvgIpc) is 2.62. The third-order valence-corrected chi connectivity index (χ3v) is 4.36. The van der Waals surface area contributed by atoms with E-state index < -0.39 is 0 Å². The fourth-order valence-electron chi connectivity index (χ4n) is 3.06. The first kappa shape index (κ1) is 18.1. The van der Waals surface area contributed by atoms with Crippen LogP contribution in [0.1, 0.15) is 37.4 Å². The number of anilines is 1. The van der Waals surface area contributed by atoms with Gasteiger partial charge in [0, 0.05) is 23.4 Å². The quantitative estimate of drug-likeness (QED) is 0.606. The normalized spacial score (nSPS) is 11.0. The standard InChI is InChI=1S/C23H27N3/c1-17(2)15-23-25-21(10-6-9-18-7-4-3-5-8-18)16-22(26-23)19-11-13-20(24)14-12-19/h3-5,7-8,11-14,16-17H,6,9-10,15,24H2,1-2H3. The molecule has 1 aromatic heterocycles. The second-order valence-corrected chi connectivity index (χ2v) is 7.22. The molecule has 0 aliphatic rings. The van der Waals surface area contributed by atoms with Crippen LogP contribution >= 0.6 is 0 Å². The van der Waals surface area contributed by atoms with Gasteiger partial charge in [0.15, 0.2) is 0 Å². The summed E-state index contributed by atoms with van der Waals surface area (Å²) in [5.74, 6) is 1.47. The van der Waals surface area contributed by atoms with Crippen molar-refractivity contribution in [3.05, 3.63) is 77.7 Å². The molecule has 3 aromatic rings. The zero-order chi connectivity index (χ0) is 18.4. The van der Waals surface area contributed by atoms with Crippen LogP contribution in [0.5, 0.6) is 0 Å². The van der Waals surface area contributed by atoms with Crippen molar-refractivity contribution in [3.63, 3.8) is 0 Å². The molecule has 3 nitrogen and oxygen atoms in total. The molecule has 0 aliphatic heterocycles. The SMILES string of the molecule is CC(C)Cc1nc(CCCc2ccccc2)cc(-c2ccc(N)cc2)n1. The van der Waals surface area contributed by atoms with Crippen LogP contribution in [-0.4, -0.2) is 9.97 Å². The van der Waals surface area contributed by atoms with Crippen molar-refractivity contribution in [1.82, 2.24) is 9.97 Å². The first-order valence-electron chi connectivity index (χ1n) is 9.37. The van der Waals surface area contributed by atoms with Gasteiger partial charge in [0.25, 0.3) is 0 Å². The topological polar surface area (TPSA) is 51.8 Å². The Morgan fingerprint density at radius 1 is 0.885 bits per heavy atom. The van der Waals surface area contributed by atoms with Gasteiger partial charge in [-0.15, -0.1) is 0 Å². The summed E-state index contributed by atoms with van der Waals surface area (Å²) in [6, 6.07) is 20.7. The number of benzene rings is 2. The van der Waals surface area contributed by atoms with Crippen molar-refractivity contribution in [2.24, 2.45) is 5.92 Å². The van der Waals surface area contributed by atoms with E-state index in [1.54, 1.807) is 0 Å². The van der Waals surface area contributed by atoms with Crippen LogP contribution in [0.25, 0.3) is 11.3 Å². The Morgan fingerprint density at radius 3 is 2.31 bits per heavy atom. The van der Waals surface area contributed by atoms with Crippen LogP contribution in [-0.2, 0) is 19.3 Å². The Bertz CT molecular complexity index is 824. The lowest BCUT2D eigenvalue weighted by Gasteiger charge is -2.10. The summed E-state index contributed by atoms with van der Waals surface area (Å²) in [4.78, 5) is 9.60. The number of aromatic nitrogens is 2. The molecule has 3 rings (SSSR count). The summed E-state index contributed by atoms with van der Waals surface area (Å²) in [5.41, 5.74) is 11.2. The van der Waals surface area contributed by atoms with Gasteiger partial charge in [-0.05, 0) is 48.9 Å². The Balaban J connectivity index is 1.79. The van der Waals surface area contributed by atoms with Crippen molar-refractivity contribution in [2.75, 3.05) is 5.73 Å². The summed E-state index contributed by atoms with van der Waals surface area (Å²) < 4.78 is 0. The second kappa shape index (κ2) is 8.61. The number of hydrogen-bond donors (Lipinski definition) is 1. The molecule has 0 aliphatic carbocycles. The van der Waals surface area contributed by atoms with Crippen LogP contribution in [0.4, 0.5) is 5.69 Å². The number of nitrogens with two attached hydrogens (primary N) is 1. The van der Waals surface area contributed by atoms with Crippen molar-refractivity contribution < 1.29 is 0 Å². The van der Waals surface area contributed by atoms with Crippen LogP contribution in [0.2, 0.25) is 0 Å². The van der Waals surface area contributed by atoms with Crippen molar-refractivity contribution in [3.8, 4) is 11.3 Å². The van der Waals surface area contributed by atoms with Gasteiger partial charge < -0.3 is 5.73 Å². The Labute approximate surface area is 156 Å². The Morgan fingerprint density at radius 2 is 1.62 bits per heavy atom. The van der Waals surface area contributed by atoms with Gasteiger partial charge in [-0.3, -0.25) is 0 Å². The number of rotatable bonds is 7. The molecule has 0 amide bonds. The van der Waals surface area contributed by atoms with E-state index in [4.69, 9.17) is 15.7 Å². The minimum absolute atomic E-state index is 0.536. The van der Waals surface area contributed by atoms with Crippen molar-refractivity contribution in [2.45, 2.75) is 39.5 Å². The zero-order valence-electron chi connectivity index (χ0n) is 15.7. The predicted molar refractivity (Wildman–Crippen MR) is 109 cm³/mol. The fraction of sp³-hybridized carbons (Fsp3) is 0.304. The van der Waals surface area contributed by atoms with Crippen molar-refractivity contribution in [1.29, 1.82) is 0 Å². The maximum atomic E-state index is 5.82. The van der Waals surface area contributed by atoms with E-state index in [1.807, 2.05) is 24.3 Å². The summed E-state index contributed by atoms with van der Waals surface area (Å²) in [5, 5.41) is 0. The minimum atomic E-state index is 0.536. The largest absolute Gasteiger partial charge is 0.399 e. The Kier molecular flexibility index (Phi) is 6.00. The molecule has 134 valence electrons. The van der Waals surface area contributed by atoms with Gasteiger partial charge in [-0.1, -0.05) is 56.3 Å². The maximum Gasteiger partial charge on any atom is 0.129 e. The lowest BCUT2D eigenvalue weighted by molar-refractivity contribution is 0.616. The second-order valence-electron chi connectivity index (χ2n) is 7.22. The molecule has 2 aromatic carbocycles. The fourth-order valence-corrected chi connectivity index (χ4v) is 3.06. The number of nitrogens with zero attached hydrogens (tertiary/aromatic N) is 2. The molecular formula is C23H27N3. The average molecular weight is 345 g/mol. The molecule has 3 heteroatoms. The van der Waals surface area contributed by atoms with E-state index in [-0.39, 0.29) is 0 Å². The first-order chi connectivity index (χ1) is 12.6. The molecular weight excluding hydrogens is 318 g/mol. The first-order valence-corrected chi connectivity index (χ1v) is 9.37. The van der Waals surface area contributed by atoms with E-state index in [9.17, 15) is 0 Å². The molecule has 2 N–H and O–H groups in total. The molecule has 0 saturated heterocycles. The van der Waals surface area contributed by atoms with Gasteiger partial charge in [0.2, 0.25) is 0 Å². The van der Waals surface area contributed by atoms with E-state index >= 15 is 0 Å². The highest BCUT2D eigenvalue weighted by Crippen LogP contribution is 2.21. The van der Waals surface area contributed by atoms with Gasteiger partial charge >= 0.3 is 0 Å². The summed E-state index contributed by atoms with van der Waals surface area (Å²) >= 11 is 0. The molecule has 0 atom stereocenters. The van der Waals surface area contributed by atoms with Gasteiger partial charge in [-0.2, -0.15) is 0 Å². The molecule has 0 spiro atoms. The van der Waals surface area contributed by atoms with Crippen molar-refractivity contribution >= 4 is 5.69 Å². The van der Waals surface area contributed by atoms with Gasteiger partial charge in [0.05, 0.1) is 5.69 Å². The lowest BCUT2D eigenvalue weighted by Crippen LogP contribution is -2.05. The van der Waals surface area contributed by atoms with Crippen LogP contribution in [0.3, 0.4) is 0 Å². The van der Waals surface area contributed by atoms with Gasteiger partial charge in [-0.25, -0.2) is 9.97 Å². The van der Waals surface area contributed by atoms with Gasteiger partial charge in [0.1, 0.15) is 5.82 Å². The summed E-state index contributed by atoms with van der Waals surface area (Å²) in [6.07, 6.45) is 4.02. The summed E-state index contributed by atoms with van der Waals surface area (Å²) in [7, 11) is 0. The smallest absolute Gasteiger partial charge is 0.129 e. The molecule has 0 unspecified atom stereocenters. The molecule has 0 saturated carbocycles. The maximum absolute atomic E-state index is 5.82. The highest BCUT2D eigenvalue weighted by molar-refractivity contribution is 5.62. The minimum Gasteiger partial charge on any atom is -0.399 e. The monoisotopic (exact) mass is 345 g/mol. The van der Waals surface area contributed by atoms with Crippen LogP contribution in [0, 0.1) is 5.92 Å². The molecule has 0 fully saturated rings. The number of nitrogen functional groups attached to an aromatic ring is 1. The van der Waals surface area contributed by atoms with E-state index in [2.05, 4.69) is 50.2 Å². The number of hydrogen-bond acceptors (Lipinski definition) is 3. The van der Waals surface area contributed by atoms with Crippen LogP contribution < -0.4 is 5.73 Å². The van der Waals surface area contributed by atoms with E-state index in [1.165, 1.54) is 5.56 Å². The molecule has 0 radical (unpaired) electrons. The molecule has 0 bridgehead atoms. The third-order valence-electron chi connectivity index (χ3n) is 4.36. The molecule has 26 heavy (non-hydrogen) atoms. The predicted octanol–water partition coefficient (Wildman–Crippen LogP) is 5.10. The zero-order valence-corrected chi connectivity index (χ0v) is 15.7. The summed E-state index contributed by atoms with van der Waals surface area (Å²) in [6.45, 7) is 4.41. The molecule has 1 heterocycles. The highest BCUT2D eigenvalue weighted by Gasteiger charge is 2.09. The van der Waals surface area contributed by atoms with E-state index in [0.29, 0.717) is 5.92 Å². The number of aryl methyl sites for hydroxylation is 2. The highest BCUT2D eigenvalue weighted by atomic mass is 14.9. The third kappa shape index (κ3) is 5.16. The van der Waals surface area contributed by atoms with E-state index in [0.717, 1.165) is 54.1 Å². The lowest BCUT2D eigenvalue weighted by atomic mass is 10.0. The van der Waals surface area contributed by atoms with Crippen LogP contribution in [0.15, 0.2) is 60.7 Å². The Hall–Kier alpha value is -2.68.